The number of carboxylic acid groups (broad SMARTS) is 4. The minimum atomic E-state index is -3.23. The number of ether oxygens (including phenoxy) is 10. The summed E-state index contributed by atoms with van der Waals surface area (Å²) >= 11 is 3.51. The lowest BCUT2D eigenvalue weighted by Gasteiger charge is -2.50. The molecule has 2 saturated carbocycles. The number of nitrogens with two attached hydrogens (primary N) is 1. The fourth-order valence-electron chi connectivity index (χ4n) is 16.1. The molecular weight excluding hydrogens is 2010 g/mol. The Morgan fingerprint density at radius 3 is 0.977 bits per heavy atom. The van der Waals surface area contributed by atoms with Gasteiger partial charge in [-0.2, -0.15) is 5.48 Å². The van der Waals surface area contributed by atoms with Crippen molar-refractivity contribution >= 4 is 128 Å². The molecule has 7 rings (SSSR count). The van der Waals surface area contributed by atoms with Gasteiger partial charge in [0, 0.05) is 92.5 Å². The molecule has 32 atom stereocenters. The van der Waals surface area contributed by atoms with Crippen LogP contribution in [-0.4, -0.2) is 443 Å². The highest BCUT2D eigenvalue weighted by atomic mass is 127. The summed E-state index contributed by atoms with van der Waals surface area (Å²) in [6.45, 7) is -1.82. The molecule has 0 spiro atoms. The van der Waals surface area contributed by atoms with Gasteiger partial charge in [-0.25, -0.2) is 28.8 Å². The van der Waals surface area contributed by atoms with Gasteiger partial charge in [0.1, 0.15) is 91.3 Å². The van der Waals surface area contributed by atoms with Crippen molar-refractivity contribution in [1.82, 2.24) is 42.4 Å². The lowest BCUT2D eigenvalue weighted by atomic mass is 9.72. The number of aliphatic carboxylic acids is 4. The molecule has 5 saturated heterocycles. The van der Waals surface area contributed by atoms with Crippen LogP contribution in [0.5, 0.6) is 0 Å². The number of nitrogens with zero attached hydrogens (tertiary/aromatic N) is 1. The van der Waals surface area contributed by atoms with Crippen molar-refractivity contribution in [3.8, 4) is 0 Å². The number of aliphatic hydroxyl groups is 18. The number of amides is 8. The molecule has 32 unspecified atom stereocenters. The van der Waals surface area contributed by atoms with Crippen LogP contribution < -0.4 is 43.1 Å². The average Bonchev–Trinajstić information content (AvgIpc) is 0.815. The van der Waals surface area contributed by atoms with Gasteiger partial charge in [0.05, 0.1) is 117 Å². The van der Waals surface area contributed by atoms with Gasteiger partial charge in [0.25, 0.3) is 35.3 Å². The van der Waals surface area contributed by atoms with Crippen LogP contribution in [0.25, 0.3) is 0 Å². The first kappa shape index (κ1) is 115. The quantitative estimate of drug-likeness (QED) is 0.00888. The first-order valence-corrected chi connectivity index (χ1v) is 43.1. The Bertz CT molecular complexity index is 3900. The molecule has 7 aliphatic rings. The molecule has 131 heavy (non-hydrogen) atoms. The third kappa shape index (κ3) is 29.8. The number of hydroxylamine groups is 3. The van der Waals surface area contributed by atoms with E-state index in [2.05, 4.69) is 42.2 Å². The van der Waals surface area contributed by atoms with Crippen LogP contribution in [0.2, 0.25) is 0 Å². The van der Waals surface area contributed by atoms with E-state index in [4.69, 9.17) is 57.9 Å². The molecule has 0 radical (unpaired) electrons. The van der Waals surface area contributed by atoms with Crippen molar-refractivity contribution in [2.75, 3.05) is 62.0 Å². The molecule has 0 bridgehead atoms. The predicted octanol–water partition coefficient (Wildman–Crippen LogP) is -15.0. The van der Waals surface area contributed by atoms with Gasteiger partial charge in [-0.1, -0.05) is 45.2 Å². The topological polar surface area (TPSA) is 908 Å². The number of carboxylic acids is 4. The first-order chi connectivity index (χ1) is 61.1. The van der Waals surface area contributed by atoms with Gasteiger partial charge in [0.15, 0.2) is 11.2 Å². The molecule has 0 aromatic carbocycles. The van der Waals surface area contributed by atoms with Crippen molar-refractivity contribution in [3.05, 3.63) is 0 Å². The maximum Gasteiger partial charge on any atom is 0.364 e. The highest BCUT2D eigenvalue weighted by molar-refractivity contribution is 14.1. The van der Waals surface area contributed by atoms with E-state index in [0.29, 0.717) is 5.06 Å². The van der Waals surface area contributed by atoms with Gasteiger partial charge in [-0.15, -0.1) is 5.06 Å². The molecule has 31 N–H and O–H groups in total. The van der Waals surface area contributed by atoms with Gasteiger partial charge >= 0.3 is 35.8 Å². The Morgan fingerprint density at radius 2 is 0.695 bits per heavy atom. The molecule has 750 valence electrons. The summed E-state index contributed by atoms with van der Waals surface area (Å²) in [6, 6.07) is -8.90. The summed E-state index contributed by atoms with van der Waals surface area (Å²) in [6.07, 6.45) is -43.5. The predicted molar refractivity (Wildman–Crippen MR) is 433 cm³/mol. The highest BCUT2D eigenvalue weighted by Gasteiger charge is 2.64. The summed E-state index contributed by atoms with van der Waals surface area (Å²) in [7, 11) is 0. The highest BCUT2D eigenvalue weighted by Crippen LogP contribution is 2.45. The van der Waals surface area contributed by atoms with Gasteiger partial charge in [0.2, 0.25) is 35.4 Å². The molecule has 2 aliphatic carbocycles. The molecule has 57 nitrogen and oxygen atoms in total. The van der Waals surface area contributed by atoms with E-state index in [1.807, 2.05) is 0 Å². The zero-order chi connectivity index (χ0) is 99.2. The summed E-state index contributed by atoms with van der Waals surface area (Å²) in [5.41, 5.74) is 3.25. The fraction of sp³-hybridized carbons (Fsp3) is 0.806. The number of rotatable bonds is 41. The number of carbonyl (C=O) groups excluding carboxylic acids is 10. The second-order valence-corrected chi connectivity index (χ2v) is 33.1. The Kier molecular flexibility index (Phi) is 43.9. The average molecular weight is 2130 g/mol. The Morgan fingerprint density at radius 1 is 0.412 bits per heavy atom. The van der Waals surface area contributed by atoms with Gasteiger partial charge in [-0.3, -0.25) is 38.4 Å². The van der Waals surface area contributed by atoms with E-state index in [1.54, 1.807) is 45.2 Å². The minimum Gasteiger partial charge on any atom is -0.479 e. The van der Waals surface area contributed by atoms with Crippen LogP contribution in [0.4, 0.5) is 0 Å². The normalized spacial score (nSPS) is 34.9. The fourth-order valence-corrected chi connectivity index (χ4v) is 16.4. The number of imide groups is 1. The van der Waals surface area contributed by atoms with Crippen LogP contribution in [0.15, 0.2) is 0 Å². The smallest absolute Gasteiger partial charge is 0.364 e. The van der Waals surface area contributed by atoms with Gasteiger partial charge in [-0.05, 0) is 25.3 Å². The van der Waals surface area contributed by atoms with Crippen molar-refractivity contribution in [1.29, 1.82) is 0 Å². The number of hydrogen-bond donors (Lipinski definition) is 30. The lowest BCUT2D eigenvalue weighted by molar-refractivity contribution is -0.426. The number of hydrogen-bond acceptors (Lipinski definition) is 46. The maximum absolute atomic E-state index is 13.1. The van der Waals surface area contributed by atoms with Crippen LogP contribution in [-0.2, 0) is 124 Å². The van der Waals surface area contributed by atoms with Crippen molar-refractivity contribution in [2.24, 2.45) is 17.6 Å². The zero-order valence-electron chi connectivity index (χ0n) is 70.9. The van der Waals surface area contributed by atoms with Crippen LogP contribution in [0, 0.1) is 11.8 Å². The van der Waals surface area contributed by atoms with E-state index in [0.717, 1.165) is 41.5 Å². The zero-order valence-corrected chi connectivity index (χ0v) is 75.2. The molecule has 7 fully saturated rings. The maximum atomic E-state index is 13.1. The summed E-state index contributed by atoms with van der Waals surface area (Å²) < 4.78 is 54.6. The summed E-state index contributed by atoms with van der Waals surface area (Å²) in [5.74, 6) is -28.3. The van der Waals surface area contributed by atoms with Crippen molar-refractivity contribution < 1.29 is 237 Å². The Balaban J connectivity index is 0.000000411. The largest absolute Gasteiger partial charge is 0.479 e. The molecule has 5 aliphatic heterocycles. The number of nitrogens with one attached hydrogen (secondary N) is 7. The van der Waals surface area contributed by atoms with E-state index >= 15 is 0 Å². The monoisotopic (exact) mass is 2130 g/mol. The second kappa shape index (κ2) is 50.2. The molecule has 0 aromatic heterocycles. The molecule has 59 heteroatoms. The van der Waals surface area contributed by atoms with Crippen LogP contribution >= 0.6 is 45.2 Å². The van der Waals surface area contributed by atoms with E-state index < -0.39 is 367 Å². The Labute approximate surface area is 769 Å². The third-order valence-electron chi connectivity index (χ3n) is 21.9. The SMILES string of the molecule is CC(=O)NC1C(O)CC(OC(CO)C(O)C2OC(OC(CO)C(O)C3OC(O)(OCO)CC(O)C3NC(C)=O)(C(=O)O)CC(O)C2NC(C)=O)(C(=O)O)CC1CN.CC(=O)NC1C(O)CC(OC(CO)C(O)C2OC(OC(CO)C(O)C3OC(O)(OCO)CC(O)C3NC(C)=O)(C(=O)O)CC(O)C2NC(C)=O)(C(=O)O)CC1CNOC(=O)CI.O=C(CI)ON1C(=O)CCC1=O. The summed E-state index contributed by atoms with van der Waals surface area (Å²) in [4.78, 5) is 178. The van der Waals surface area contributed by atoms with E-state index in [-0.39, 0.29) is 34.8 Å². The number of halogens is 2. The second-order valence-electron chi connectivity index (χ2n) is 31.6. The third-order valence-corrected chi connectivity index (χ3v) is 23.1. The van der Waals surface area contributed by atoms with E-state index in [1.165, 1.54) is 0 Å². The van der Waals surface area contributed by atoms with Crippen molar-refractivity contribution in [3.63, 3.8) is 0 Å². The summed E-state index contributed by atoms with van der Waals surface area (Å²) in [5, 5.41) is 251. The molecule has 5 heterocycles. The van der Waals surface area contributed by atoms with E-state index in [9.17, 15) is 179 Å². The molecule has 0 aromatic rings. The van der Waals surface area contributed by atoms with Crippen molar-refractivity contribution in [2.45, 2.75) is 287 Å². The van der Waals surface area contributed by atoms with Gasteiger partial charge < -0.3 is 207 Å². The van der Waals surface area contributed by atoms with Crippen LogP contribution in [0.3, 0.4) is 0 Å². The molecular formula is C72H115I2N9O48. The number of aliphatic hydroxyl groups excluding tert-OH is 16. The minimum absolute atomic E-state index is 0.0817. The standard InChI is InChI=1S/C34H55IN4O23.C32H54N4O21.C6H6INO4/c1-13(43)37-23-16(9-36-62-22(49)8-35)4-32(30(52)53,5-17(23)46)58-20(10-40)26(50)28-24(38-14(2)44)18(47)6-33(60-28,31(54)55)59-21(11-41)27(51)29-25(39-15(3)45)19(48)7-34(56,61-29)57-12-42;1-12(40)34-21-15(8-33)4-30(28(48)49,5-16(21)43)54-19(9-37)24(46)26-22(35-13(2)41)17(44)6-31(56-26,29(50)51)55-20(10-38)25(47)27-23(36-14(3)42)18(45)7-32(52,57-27)53-11-39;7-3-6(11)12-8-4(9)1-2-5(8)10/h16-21,23-29,36,40-42,46-48,50-51,56H,4-12H2,1-3H3,(H,37,43)(H,38,44)(H,39,45)(H,52,53)(H,54,55);15-27,37-39,43-47,52H,4-11,33H2,1-3H3,(H,34,40)(H,35,41)(H,36,42)(H,48,49)(H,50,51);1-3H2. The molecule has 8 amide bonds. The van der Waals surface area contributed by atoms with Crippen LogP contribution in [0.1, 0.15) is 106 Å². The Hall–Kier alpha value is -6.96. The number of alkyl halides is 2. The first-order valence-electron chi connectivity index (χ1n) is 40.1. The number of carbonyl (C=O) groups is 14. The lowest BCUT2D eigenvalue weighted by Crippen LogP contribution is -2.70.